The molecule has 2 rings (SSSR count). The van der Waals surface area contributed by atoms with Gasteiger partial charge in [0.25, 0.3) is 11.6 Å². The van der Waals surface area contributed by atoms with Crippen LogP contribution < -0.4 is 0 Å². The van der Waals surface area contributed by atoms with Crippen LogP contribution >= 0.6 is 0 Å². The Morgan fingerprint density at radius 1 is 0.643 bits per heavy atom. The van der Waals surface area contributed by atoms with Crippen molar-refractivity contribution in [3.8, 4) is 0 Å². The number of aliphatic hydroxyl groups is 10. The predicted molar refractivity (Wildman–Crippen MR) is 75.4 cm³/mol. The molecule has 0 spiro atoms. The molecule has 2 saturated heterocycles. The maximum Gasteiger partial charge on any atom is 0.335 e. The summed E-state index contributed by atoms with van der Waals surface area (Å²) in [5.41, 5.74) is 0. The lowest BCUT2D eigenvalue weighted by molar-refractivity contribution is -0.473. The summed E-state index contributed by atoms with van der Waals surface area (Å²) in [7, 11) is 0. The van der Waals surface area contributed by atoms with Gasteiger partial charge in [-0.15, -0.1) is 0 Å². The van der Waals surface area contributed by atoms with E-state index >= 15 is 0 Å². The molecule has 12 N–H and O–H groups in total. The lowest BCUT2D eigenvalue weighted by Gasteiger charge is -2.46. The largest absolute Gasteiger partial charge is 0.479 e. The summed E-state index contributed by atoms with van der Waals surface area (Å²) in [4.78, 5) is 20.8. The smallest absolute Gasteiger partial charge is 0.335 e. The van der Waals surface area contributed by atoms with Gasteiger partial charge in [0.2, 0.25) is 6.29 Å². The Kier molecular flexibility index (Phi) is 7.39. The van der Waals surface area contributed by atoms with E-state index in [-0.39, 0.29) is 0 Å². The molecule has 28 heavy (non-hydrogen) atoms. The molecule has 8 atom stereocenters. The molecule has 3 unspecified atom stereocenters. The van der Waals surface area contributed by atoms with Gasteiger partial charge in [0, 0.05) is 0 Å². The Labute approximate surface area is 154 Å². The fraction of sp³-hybridized carbons (Fsp3) is 0.833. The van der Waals surface area contributed by atoms with Gasteiger partial charge >= 0.3 is 11.9 Å². The van der Waals surface area contributed by atoms with Crippen LogP contribution in [0.1, 0.15) is 0 Å². The molecule has 0 bridgehead atoms. The van der Waals surface area contributed by atoms with E-state index in [9.17, 15) is 9.59 Å². The Balaban J connectivity index is 0.000000283. The van der Waals surface area contributed by atoms with Gasteiger partial charge in [-0.05, 0) is 0 Å². The number of ether oxygens (including phenoxy) is 2. The van der Waals surface area contributed by atoms with Crippen molar-refractivity contribution in [2.75, 3.05) is 0 Å². The number of carbonyl (C=O) groups is 2. The van der Waals surface area contributed by atoms with Crippen molar-refractivity contribution in [1.82, 2.24) is 0 Å². The van der Waals surface area contributed by atoms with Gasteiger partial charge in [-0.1, -0.05) is 0 Å². The Bertz CT molecular complexity index is 576. The predicted octanol–water partition coefficient (Wildman–Crippen LogP) is -7.62. The van der Waals surface area contributed by atoms with Crippen molar-refractivity contribution < 1.29 is 80.3 Å². The molecule has 0 aromatic carbocycles. The SMILES string of the molecule is O=C(O)C1O[C@@H](O)C(O)(O)C(O)(O)[C@@H]1O.O=C(O)C1O[C@H](O)C(O)[C@@H](O)[C@H]1O. The van der Waals surface area contributed by atoms with Crippen LogP contribution in [0.3, 0.4) is 0 Å². The van der Waals surface area contributed by atoms with Gasteiger partial charge < -0.3 is 70.8 Å². The molecule has 0 aromatic heterocycles. The quantitative estimate of drug-likeness (QED) is 0.185. The highest BCUT2D eigenvalue weighted by atomic mass is 16.7. The van der Waals surface area contributed by atoms with Crippen LogP contribution in [0.15, 0.2) is 0 Å². The van der Waals surface area contributed by atoms with Crippen molar-refractivity contribution >= 4 is 11.9 Å². The molecule has 164 valence electrons. The molecule has 0 saturated carbocycles. The molecule has 2 aliphatic heterocycles. The first kappa shape index (κ1) is 24.5. The molecule has 0 aromatic rings. The number of aliphatic carboxylic acids is 2. The lowest BCUT2D eigenvalue weighted by Crippen LogP contribution is -2.75. The molecule has 16 nitrogen and oxygen atoms in total. The van der Waals surface area contributed by atoms with Crippen LogP contribution in [0.4, 0.5) is 0 Å². The zero-order valence-electron chi connectivity index (χ0n) is 13.6. The van der Waals surface area contributed by atoms with Crippen LogP contribution in [-0.4, -0.2) is 134 Å². The van der Waals surface area contributed by atoms with E-state index in [0.29, 0.717) is 0 Å². The molecular formula is C12H20O16. The zero-order chi connectivity index (χ0) is 22.2. The molecule has 0 aliphatic carbocycles. The lowest BCUT2D eigenvalue weighted by atomic mass is 9.92. The number of hydrogen-bond donors (Lipinski definition) is 12. The van der Waals surface area contributed by atoms with E-state index in [1.165, 1.54) is 0 Å². The third-order valence-corrected chi connectivity index (χ3v) is 3.94. The van der Waals surface area contributed by atoms with Gasteiger partial charge in [0.1, 0.15) is 18.3 Å². The van der Waals surface area contributed by atoms with Crippen molar-refractivity contribution in [1.29, 1.82) is 0 Å². The third-order valence-electron chi connectivity index (χ3n) is 3.94. The van der Waals surface area contributed by atoms with E-state index < -0.39 is 72.7 Å². The van der Waals surface area contributed by atoms with Crippen molar-refractivity contribution in [3.63, 3.8) is 0 Å². The molecular weight excluding hydrogens is 400 g/mol. The second-order valence-corrected chi connectivity index (χ2v) is 5.90. The highest BCUT2D eigenvalue weighted by Gasteiger charge is 2.65. The summed E-state index contributed by atoms with van der Waals surface area (Å²) in [6.45, 7) is 0. The van der Waals surface area contributed by atoms with E-state index in [4.69, 9.17) is 61.3 Å². The van der Waals surface area contributed by atoms with Crippen LogP contribution in [-0.2, 0) is 19.1 Å². The first-order valence-corrected chi connectivity index (χ1v) is 7.31. The average molecular weight is 420 g/mol. The van der Waals surface area contributed by atoms with Crippen LogP contribution in [0.2, 0.25) is 0 Å². The van der Waals surface area contributed by atoms with E-state index in [0.717, 1.165) is 0 Å². The second kappa shape index (κ2) is 8.45. The standard InChI is InChI=1S/C6H10O9.C6H10O7/c7-2-1(3(8)9)15-4(10)6(13,14)5(2,11)12;7-1-2(8)4(5(10)11)13-6(12)3(1)9/h1-2,4,7,10-14H,(H,8,9);1-4,6-9,12H,(H,10,11)/t1?,2-,4-;1-,2+,3?,4?,6-/m10/s1. The maximum absolute atomic E-state index is 10.4. The average Bonchev–Trinajstić information content (AvgIpc) is 2.58. The third kappa shape index (κ3) is 4.38. The number of carboxylic acids is 2. The van der Waals surface area contributed by atoms with E-state index in [1.54, 1.807) is 0 Å². The molecule has 0 amide bonds. The van der Waals surface area contributed by atoms with Crippen LogP contribution in [0, 0.1) is 0 Å². The topological polar surface area (TPSA) is 295 Å². The fourth-order valence-corrected chi connectivity index (χ4v) is 2.18. The number of rotatable bonds is 2. The number of hydrogen-bond acceptors (Lipinski definition) is 14. The summed E-state index contributed by atoms with van der Waals surface area (Å²) in [6, 6.07) is 0. The normalized spacial score (nSPS) is 42.1. The van der Waals surface area contributed by atoms with Crippen LogP contribution in [0.5, 0.6) is 0 Å². The number of carboxylic acid groups (broad SMARTS) is 2. The first-order valence-electron chi connectivity index (χ1n) is 7.31. The highest BCUT2D eigenvalue weighted by Crippen LogP contribution is 2.33. The van der Waals surface area contributed by atoms with Crippen LogP contribution in [0.25, 0.3) is 0 Å². The molecule has 2 fully saturated rings. The van der Waals surface area contributed by atoms with Gasteiger partial charge in [-0.3, -0.25) is 0 Å². The Morgan fingerprint density at radius 2 is 1.11 bits per heavy atom. The van der Waals surface area contributed by atoms with E-state index in [2.05, 4.69) is 9.47 Å². The van der Waals surface area contributed by atoms with Crippen molar-refractivity contribution in [3.05, 3.63) is 0 Å². The second-order valence-electron chi connectivity index (χ2n) is 5.90. The fourth-order valence-electron chi connectivity index (χ4n) is 2.18. The first-order chi connectivity index (χ1) is 12.6. The van der Waals surface area contributed by atoms with Gasteiger partial charge in [-0.25, -0.2) is 9.59 Å². The Hall–Kier alpha value is -1.54. The molecule has 0 radical (unpaired) electrons. The minimum Gasteiger partial charge on any atom is -0.479 e. The van der Waals surface area contributed by atoms with E-state index in [1.807, 2.05) is 0 Å². The van der Waals surface area contributed by atoms with Gasteiger partial charge in [0.15, 0.2) is 24.6 Å². The summed E-state index contributed by atoms with van der Waals surface area (Å²) in [5, 5.41) is 107. The minimum atomic E-state index is -3.63. The van der Waals surface area contributed by atoms with Crippen molar-refractivity contribution in [2.45, 2.75) is 60.8 Å². The monoisotopic (exact) mass is 420 g/mol. The molecule has 2 aliphatic rings. The summed E-state index contributed by atoms with van der Waals surface area (Å²) < 4.78 is 8.44. The van der Waals surface area contributed by atoms with Gasteiger partial charge in [-0.2, -0.15) is 0 Å². The summed E-state index contributed by atoms with van der Waals surface area (Å²) in [5.74, 6) is -10.5. The minimum absolute atomic E-state index is 1.52. The number of aliphatic hydroxyl groups excluding tert-OH is 6. The summed E-state index contributed by atoms with van der Waals surface area (Å²) in [6.07, 6.45) is -16.0. The maximum atomic E-state index is 10.4. The Morgan fingerprint density at radius 3 is 1.54 bits per heavy atom. The molecule has 2 heterocycles. The van der Waals surface area contributed by atoms with Gasteiger partial charge in [0.05, 0.1) is 0 Å². The summed E-state index contributed by atoms with van der Waals surface area (Å²) >= 11 is 0. The van der Waals surface area contributed by atoms with Crippen molar-refractivity contribution in [2.24, 2.45) is 0 Å². The molecule has 16 heteroatoms. The highest BCUT2D eigenvalue weighted by molar-refractivity contribution is 5.74. The zero-order valence-corrected chi connectivity index (χ0v) is 13.6.